The lowest BCUT2D eigenvalue weighted by Crippen LogP contribution is -2.16. The van der Waals surface area contributed by atoms with E-state index in [1.165, 1.54) is 0 Å². The molecule has 0 bridgehead atoms. The number of nitrogens with two attached hydrogens (primary N) is 1. The topological polar surface area (TPSA) is 56.7 Å². The summed E-state index contributed by atoms with van der Waals surface area (Å²) in [6.07, 6.45) is 5.06. The maximum Gasteiger partial charge on any atom is 0.159 e. The first-order valence-electron chi connectivity index (χ1n) is 7.10. The number of fused-ring (bicyclic) bond motifs is 1. The zero-order chi connectivity index (χ0) is 13.8. The van der Waals surface area contributed by atoms with Gasteiger partial charge in [0.15, 0.2) is 5.65 Å². The van der Waals surface area contributed by atoms with Crippen molar-refractivity contribution in [3.63, 3.8) is 0 Å². The highest BCUT2D eigenvalue weighted by atomic mass is 15.1. The fourth-order valence-electron chi connectivity index (χ4n) is 2.63. The van der Waals surface area contributed by atoms with Crippen molar-refractivity contribution in [1.29, 1.82) is 0 Å². The summed E-state index contributed by atoms with van der Waals surface area (Å²) in [4.78, 5) is 9.05. The lowest BCUT2D eigenvalue weighted by atomic mass is 9.88. The van der Waals surface area contributed by atoms with Crippen molar-refractivity contribution in [3.8, 4) is 0 Å². The molecule has 104 valence electrons. The summed E-state index contributed by atoms with van der Waals surface area (Å²) in [7, 11) is 2.05. The van der Waals surface area contributed by atoms with Gasteiger partial charge in [-0.25, -0.2) is 9.97 Å². The molecule has 0 saturated heterocycles. The number of rotatable bonds is 6. The molecule has 0 amide bonds. The van der Waals surface area contributed by atoms with E-state index in [4.69, 9.17) is 5.73 Å². The SMILES string of the molecule is CC(C)C(CCN)CCc1nc2cccnc2n1C. The second-order valence-corrected chi connectivity index (χ2v) is 5.55. The van der Waals surface area contributed by atoms with Gasteiger partial charge in [0.2, 0.25) is 0 Å². The average molecular weight is 260 g/mol. The maximum atomic E-state index is 5.70. The molecule has 2 aromatic rings. The monoisotopic (exact) mass is 260 g/mol. The van der Waals surface area contributed by atoms with Gasteiger partial charge in [-0.05, 0) is 43.4 Å². The molecule has 1 atom stereocenters. The van der Waals surface area contributed by atoms with Crippen molar-refractivity contribution >= 4 is 11.2 Å². The fourth-order valence-corrected chi connectivity index (χ4v) is 2.63. The predicted molar refractivity (Wildman–Crippen MR) is 78.8 cm³/mol. The van der Waals surface area contributed by atoms with E-state index in [9.17, 15) is 0 Å². The molecule has 0 fully saturated rings. The minimum Gasteiger partial charge on any atom is -0.330 e. The van der Waals surface area contributed by atoms with Crippen LogP contribution in [0, 0.1) is 11.8 Å². The smallest absolute Gasteiger partial charge is 0.159 e. The Bertz CT molecular complexity index is 530. The summed E-state index contributed by atoms with van der Waals surface area (Å²) in [6, 6.07) is 3.95. The van der Waals surface area contributed by atoms with Gasteiger partial charge < -0.3 is 10.3 Å². The summed E-state index contributed by atoms with van der Waals surface area (Å²) in [5, 5.41) is 0. The maximum absolute atomic E-state index is 5.70. The molecule has 4 nitrogen and oxygen atoms in total. The van der Waals surface area contributed by atoms with Gasteiger partial charge in [-0.3, -0.25) is 0 Å². The zero-order valence-electron chi connectivity index (χ0n) is 12.1. The summed E-state index contributed by atoms with van der Waals surface area (Å²) in [5.41, 5.74) is 7.65. The van der Waals surface area contributed by atoms with E-state index in [1.54, 1.807) is 0 Å². The normalized spacial score (nSPS) is 13.3. The van der Waals surface area contributed by atoms with Gasteiger partial charge in [0.05, 0.1) is 0 Å². The number of nitrogens with zero attached hydrogens (tertiary/aromatic N) is 3. The van der Waals surface area contributed by atoms with Crippen molar-refractivity contribution < 1.29 is 0 Å². The van der Waals surface area contributed by atoms with Gasteiger partial charge in [-0.15, -0.1) is 0 Å². The van der Waals surface area contributed by atoms with Crippen LogP contribution in [0.15, 0.2) is 18.3 Å². The van der Waals surface area contributed by atoms with E-state index in [0.717, 1.165) is 42.8 Å². The third kappa shape index (κ3) is 3.13. The van der Waals surface area contributed by atoms with Crippen LogP contribution in [0.3, 0.4) is 0 Å². The molecule has 0 radical (unpaired) electrons. The molecule has 2 heterocycles. The van der Waals surface area contributed by atoms with Gasteiger partial charge in [-0.1, -0.05) is 13.8 Å². The molecule has 0 spiro atoms. The van der Waals surface area contributed by atoms with Crippen LogP contribution in [-0.4, -0.2) is 21.1 Å². The van der Waals surface area contributed by atoms with E-state index in [2.05, 4.69) is 28.4 Å². The quantitative estimate of drug-likeness (QED) is 0.868. The summed E-state index contributed by atoms with van der Waals surface area (Å²) in [6.45, 7) is 5.32. The van der Waals surface area contributed by atoms with E-state index >= 15 is 0 Å². The minimum absolute atomic E-state index is 0.677. The molecule has 19 heavy (non-hydrogen) atoms. The van der Waals surface area contributed by atoms with Gasteiger partial charge in [0.25, 0.3) is 0 Å². The molecule has 2 rings (SSSR count). The summed E-state index contributed by atoms with van der Waals surface area (Å²) < 4.78 is 2.11. The van der Waals surface area contributed by atoms with Gasteiger partial charge in [-0.2, -0.15) is 0 Å². The highest BCUT2D eigenvalue weighted by molar-refractivity contribution is 5.70. The van der Waals surface area contributed by atoms with Crippen LogP contribution in [-0.2, 0) is 13.5 Å². The molecular formula is C15H24N4. The van der Waals surface area contributed by atoms with Crippen molar-refractivity contribution in [2.75, 3.05) is 6.54 Å². The van der Waals surface area contributed by atoms with Gasteiger partial charge in [0, 0.05) is 19.7 Å². The Morgan fingerprint density at radius 3 is 2.74 bits per heavy atom. The molecule has 2 N–H and O–H groups in total. The van der Waals surface area contributed by atoms with E-state index in [1.807, 2.05) is 25.4 Å². The third-order valence-electron chi connectivity index (χ3n) is 3.94. The Hall–Kier alpha value is -1.42. The Morgan fingerprint density at radius 1 is 1.32 bits per heavy atom. The standard InChI is InChI=1S/C15H24N4/c1-11(2)12(8-9-16)6-7-14-18-13-5-4-10-17-15(13)19(14)3/h4-5,10-12H,6-9,16H2,1-3H3. The van der Waals surface area contributed by atoms with Crippen LogP contribution >= 0.6 is 0 Å². The average Bonchev–Trinajstić information content (AvgIpc) is 2.72. The molecule has 0 aliphatic carbocycles. The van der Waals surface area contributed by atoms with Crippen LogP contribution in [0.4, 0.5) is 0 Å². The zero-order valence-corrected chi connectivity index (χ0v) is 12.1. The fraction of sp³-hybridized carbons (Fsp3) is 0.600. The first-order chi connectivity index (χ1) is 9.13. The first-order valence-corrected chi connectivity index (χ1v) is 7.10. The second kappa shape index (κ2) is 6.15. The Kier molecular flexibility index (Phi) is 4.53. The summed E-state index contributed by atoms with van der Waals surface area (Å²) >= 11 is 0. The third-order valence-corrected chi connectivity index (χ3v) is 3.94. The Balaban J connectivity index is 2.10. The lowest BCUT2D eigenvalue weighted by molar-refractivity contribution is 0.338. The molecule has 2 aromatic heterocycles. The van der Waals surface area contributed by atoms with E-state index in [0.29, 0.717) is 11.8 Å². The van der Waals surface area contributed by atoms with E-state index in [-0.39, 0.29) is 0 Å². The number of aromatic nitrogens is 3. The predicted octanol–water partition coefficient (Wildman–Crippen LogP) is 2.52. The van der Waals surface area contributed by atoms with Crippen LogP contribution in [0.2, 0.25) is 0 Å². The molecule has 0 aliphatic heterocycles. The van der Waals surface area contributed by atoms with Crippen molar-refractivity contribution in [2.24, 2.45) is 24.6 Å². The lowest BCUT2D eigenvalue weighted by Gasteiger charge is -2.19. The summed E-state index contributed by atoms with van der Waals surface area (Å²) in [5.74, 6) is 2.48. The highest BCUT2D eigenvalue weighted by Gasteiger charge is 2.15. The van der Waals surface area contributed by atoms with Crippen LogP contribution in [0.5, 0.6) is 0 Å². The van der Waals surface area contributed by atoms with Crippen molar-refractivity contribution in [2.45, 2.75) is 33.1 Å². The van der Waals surface area contributed by atoms with Crippen molar-refractivity contribution in [1.82, 2.24) is 14.5 Å². The first kappa shape index (κ1) is 14.0. The van der Waals surface area contributed by atoms with Gasteiger partial charge in [0.1, 0.15) is 11.3 Å². The molecule has 1 unspecified atom stereocenters. The molecule has 4 heteroatoms. The van der Waals surface area contributed by atoms with E-state index < -0.39 is 0 Å². The number of imidazole rings is 1. The number of pyridine rings is 1. The van der Waals surface area contributed by atoms with Crippen LogP contribution < -0.4 is 5.73 Å². The molecule has 0 aliphatic rings. The largest absolute Gasteiger partial charge is 0.330 e. The van der Waals surface area contributed by atoms with Crippen LogP contribution in [0.25, 0.3) is 11.2 Å². The highest BCUT2D eigenvalue weighted by Crippen LogP contribution is 2.22. The minimum atomic E-state index is 0.677. The van der Waals surface area contributed by atoms with Crippen LogP contribution in [0.1, 0.15) is 32.5 Å². The van der Waals surface area contributed by atoms with Gasteiger partial charge >= 0.3 is 0 Å². The number of hydrogen-bond acceptors (Lipinski definition) is 3. The molecule has 0 saturated carbocycles. The Morgan fingerprint density at radius 2 is 2.11 bits per heavy atom. The number of aryl methyl sites for hydroxylation is 2. The number of hydrogen-bond donors (Lipinski definition) is 1. The molecule has 0 aromatic carbocycles. The second-order valence-electron chi connectivity index (χ2n) is 5.55. The molecular weight excluding hydrogens is 236 g/mol. The Labute approximate surface area is 115 Å². The van der Waals surface area contributed by atoms with Crippen molar-refractivity contribution in [3.05, 3.63) is 24.2 Å².